The molecule has 1 heterocycles. The highest BCUT2D eigenvalue weighted by Crippen LogP contribution is 2.06. The van der Waals surface area contributed by atoms with E-state index in [9.17, 15) is 4.79 Å². The molecule has 2 atom stereocenters. The number of furan rings is 1. The normalized spacial score (nSPS) is 14.9. The molecule has 0 radical (unpaired) electrons. The van der Waals surface area contributed by atoms with Crippen LogP contribution in [0.5, 0.6) is 0 Å². The van der Waals surface area contributed by atoms with Crippen molar-refractivity contribution < 1.29 is 9.21 Å². The zero-order valence-electron chi connectivity index (χ0n) is 8.70. The number of carbonyl (C=O) groups is 1. The van der Waals surface area contributed by atoms with Crippen molar-refractivity contribution in [1.82, 2.24) is 5.32 Å². The van der Waals surface area contributed by atoms with Crippen LogP contribution >= 0.6 is 0 Å². The zero-order chi connectivity index (χ0) is 10.7. The van der Waals surface area contributed by atoms with Gasteiger partial charge in [-0.15, -0.1) is 0 Å². The van der Waals surface area contributed by atoms with E-state index in [1.807, 2.05) is 13.8 Å². The van der Waals surface area contributed by atoms with Crippen LogP contribution in [0.15, 0.2) is 16.7 Å². The average molecular weight is 196 g/mol. The number of hydrogen-bond acceptors (Lipinski definition) is 3. The van der Waals surface area contributed by atoms with Crippen LogP contribution in [-0.2, 0) is 0 Å². The average Bonchev–Trinajstić information content (AvgIpc) is 2.51. The molecule has 14 heavy (non-hydrogen) atoms. The summed E-state index contributed by atoms with van der Waals surface area (Å²) in [5.74, 6) is 0.579. The predicted molar refractivity (Wildman–Crippen MR) is 54.0 cm³/mol. The molecule has 1 aromatic rings. The van der Waals surface area contributed by atoms with E-state index in [4.69, 9.17) is 10.2 Å². The van der Waals surface area contributed by atoms with Gasteiger partial charge < -0.3 is 15.5 Å². The molecule has 0 aliphatic heterocycles. The lowest BCUT2D eigenvalue weighted by Gasteiger charge is -2.16. The molecule has 0 fully saturated rings. The third-order valence-corrected chi connectivity index (χ3v) is 2.14. The van der Waals surface area contributed by atoms with Crippen molar-refractivity contribution in [1.29, 1.82) is 0 Å². The van der Waals surface area contributed by atoms with E-state index in [0.717, 1.165) is 5.76 Å². The summed E-state index contributed by atoms with van der Waals surface area (Å²) >= 11 is 0. The molecule has 4 heteroatoms. The molecule has 0 saturated heterocycles. The Balaban J connectivity index is 2.59. The number of amides is 1. The summed E-state index contributed by atoms with van der Waals surface area (Å²) in [4.78, 5) is 11.5. The highest BCUT2D eigenvalue weighted by Gasteiger charge is 2.13. The summed E-state index contributed by atoms with van der Waals surface area (Å²) in [6.45, 7) is 5.52. The number of nitrogens with one attached hydrogen (secondary N) is 1. The van der Waals surface area contributed by atoms with Gasteiger partial charge in [0.25, 0.3) is 5.91 Å². The lowest BCUT2D eigenvalue weighted by molar-refractivity contribution is 0.0935. The second kappa shape index (κ2) is 4.28. The van der Waals surface area contributed by atoms with Gasteiger partial charge in [-0.2, -0.15) is 0 Å². The molecule has 1 rings (SSSR count). The first kappa shape index (κ1) is 10.8. The predicted octanol–water partition coefficient (Wildman–Crippen LogP) is 1.05. The van der Waals surface area contributed by atoms with Crippen molar-refractivity contribution in [2.75, 3.05) is 0 Å². The van der Waals surface area contributed by atoms with E-state index in [1.165, 1.54) is 6.26 Å². The van der Waals surface area contributed by atoms with E-state index in [0.29, 0.717) is 5.56 Å². The Morgan fingerprint density at radius 1 is 1.57 bits per heavy atom. The Morgan fingerprint density at radius 3 is 2.64 bits per heavy atom. The molecular formula is C10H16N2O2. The van der Waals surface area contributed by atoms with Crippen molar-refractivity contribution in [3.05, 3.63) is 23.7 Å². The second-order valence-electron chi connectivity index (χ2n) is 3.57. The van der Waals surface area contributed by atoms with E-state index in [1.54, 1.807) is 13.0 Å². The number of hydrogen-bond donors (Lipinski definition) is 2. The van der Waals surface area contributed by atoms with Crippen molar-refractivity contribution in [3.63, 3.8) is 0 Å². The van der Waals surface area contributed by atoms with E-state index < -0.39 is 0 Å². The lowest BCUT2D eigenvalue weighted by atomic mass is 10.2. The number of nitrogens with two attached hydrogens (primary N) is 1. The minimum atomic E-state index is -0.147. The van der Waals surface area contributed by atoms with E-state index in [-0.39, 0.29) is 18.0 Å². The van der Waals surface area contributed by atoms with E-state index in [2.05, 4.69) is 5.32 Å². The molecule has 0 aliphatic rings. The maximum atomic E-state index is 11.5. The monoisotopic (exact) mass is 196 g/mol. The maximum Gasteiger partial charge on any atom is 0.254 e. The number of aryl methyl sites for hydroxylation is 1. The Labute approximate surface area is 83.5 Å². The van der Waals surface area contributed by atoms with Crippen LogP contribution in [0.25, 0.3) is 0 Å². The van der Waals surface area contributed by atoms with Gasteiger partial charge in [-0.3, -0.25) is 4.79 Å². The summed E-state index contributed by atoms with van der Waals surface area (Å²) in [7, 11) is 0. The second-order valence-corrected chi connectivity index (χ2v) is 3.57. The van der Waals surface area contributed by atoms with Crippen LogP contribution in [0, 0.1) is 6.92 Å². The van der Waals surface area contributed by atoms with Gasteiger partial charge >= 0.3 is 0 Å². The quantitative estimate of drug-likeness (QED) is 0.759. The third-order valence-electron chi connectivity index (χ3n) is 2.14. The molecule has 0 aromatic carbocycles. The molecule has 0 aliphatic carbocycles. The Kier molecular flexibility index (Phi) is 3.30. The maximum absolute atomic E-state index is 11.5. The van der Waals surface area contributed by atoms with E-state index >= 15 is 0 Å². The fraction of sp³-hybridized carbons (Fsp3) is 0.500. The summed E-state index contributed by atoms with van der Waals surface area (Å²) in [6, 6.07) is 1.59. The van der Waals surface area contributed by atoms with Gasteiger partial charge in [0.1, 0.15) is 12.0 Å². The van der Waals surface area contributed by atoms with Gasteiger partial charge in [-0.1, -0.05) is 0 Å². The fourth-order valence-corrected chi connectivity index (χ4v) is 0.984. The summed E-state index contributed by atoms with van der Waals surface area (Å²) < 4.78 is 5.04. The smallest absolute Gasteiger partial charge is 0.254 e. The van der Waals surface area contributed by atoms with Gasteiger partial charge in [-0.25, -0.2) is 0 Å². The Hall–Kier alpha value is -1.29. The first-order chi connectivity index (χ1) is 6.50. The van der Waals surface area contributed by atoms with Crippen molar-refractivity contribution >= 4 is 5.91 Å². The summed E-state index contributed by atoms with van der Waals surface area (Å²) in [5, 5.41) is 2.78. The van der Waals surface area contributed by atoms with Gasteiger partial charge in [0.2, 0.25) is 0 Å². The number of carbonyl (C=O) groups excluding carboxylic acids is 1. The van der Waals surface area contributed by atoms with Gasteiger partial charge in [-0.05, 0) is 26.8 Å². The minimum absolute atomic E-state index is 0.0438. The van der Waals surface area contributed by atoms with Gasteiger partial charge in [0.05, 0.1) is 5.56 Å². The SMILES string of the molecule is Cc1cc(C(=O)NC(C)C(C)N)co1. The van der Waals surface area contributed by atoms with Crippen molar-refractivity contribution in [3.8, 4) is 0 Å². The molecule has 4 nitrogen and oxygen atoms in total. The molecule has 1 aromatic heterocycles. The first-order valence-corrected chi connectivity index (χ1v) is 4.62. The van der Waals surface area contributed by atoms with Gasteiger partial charge in [0.15, 0.2) is 0 Å². The molecule has 0 saturated carbocycles. The zero-order valence-corrected chi connectivity index (χ0v) is 8.70. The molecule has 0 bridgehead atoms. The molecule has 0 spiro atoms. The summed E-state index contributed by atoms with van der Waals surface area (Å²) in [5.41, 5.74) is 6.17. The Bertz CT molecular complexity index is 318. The van der Waals surface area contributed by atoms with Crippen LogP contribution in [0.2, 0.25) is 0 Å². The molecular weight excluding hydrogens is 180 g/mol. The van der Waals surface area contributed by atoms with Gasteiger partial charge in [0, 0.05) is 12.1 Å². The largest absolute Gasteiger partial charge is 0.469 e. The van der Waals surface area contributed by atoms with Crippen LogP contribution in [-0.4, -0.2) is 18.0 Å². The first-order valence-electron chi connectivity index (χ1n) is 4.62. The fourth-order valence-electron chi connectivity index (χ4n) is 0.984. The summed E-state index contributed by atoms with van der Waals surface area (Å²) in [6.07, 6.45) is 1.44. The minimum Gasteiger partial charge on any atom is -0.469 e. The van der Waals surface area contributed by atoms with Crippen LogP contribution in [0.1, 0.15) is 30.0 Å². The molecule has 3 N–H and O–H groups in total. The highest BCUT2D eigenvalue weighted by molar-refractivity contribution is 5.94. The van der Waals surface area contributed by atoms with Crippen LogP contribution < -0.4 is 11.1 Å². The Morgan fingerprint density at radius 2 is 2.21 bits per heavy atom. The number of rotatable bonds is 3. The van der Waals surface area contributed by atoms with Crippen LogP contribution in [0.3, 0.4) is 0 Å². The molecule has 78 valence electrons. The van der Waals surface area contributed by atoms with Crippen LogP contribution in [0.4, 0.5) is 0 Å². The lowest BCUT2D eigenvalue weighted by Crippen LogP contribution is -2.43. The third kappa shape index (κ3) is 2.60. The highest BCUT2D eigenvalue weighted by atomic mass is 16.3. The molecule has 2 unspecified atom stereocenters. The molecule has 1 amide bonds. The topological polar surface area (TPSA) is 68.3 Å². The standard InChI is InChI=1S/C10H16N2O2/c1-6-4-9(5-14-6)10(13)12-8(3)7(2)11/h4-5,7-8H,11H2,1-3H3,(H,12,13). The van der Waals surface area contributed by atoms with Crippen molar-refractivity contribution in [2.45, 2.75) is 32.9 Å². The van der Waals surface area contributed by atoms with Crippen molar-refractivity contribution in [2.24, 2.45) is 5.73 Å².